The normalized spacial score (nSPS) is 11.6. The van der Waals surface area contributed by atoms with Gasteiger partial charge in [-0.2, -0.15) is 0 Å². The van der Waals surface area contributed by atoms with E-state index in [0.29, 0.717) is 18.3 Å². The zero-order chi connectivity index (χ0) is 17.5. The van der Waals surface area contributed by atoms with Gasteiger partial charge in [-0.3, -0.25) is 0 Å². The molecular weight excluding hydrogens is 306 g/mol. The van der Waals surface area contributed by atoms with Crippen LogP contribution in [0.3, 0.4) is 0 Å². The maximum absolute atomic E-state index is 11.5. The first-order chi connectivity index (χ1) is 11.5. The Morgan fingerprint density at radius 3 is 2.83 bits per heavy atom. The maximum Gasteiger partial charge on any atom is 0.374 e. The molecule has 0 atom stereocenters. The Hall–Kier alpha value is -2.76. The van der Waals surface area contributed by atoms with Gasteiger partial charge in [0.1, 0.15) is 12.3 Å². The van der Waals surface area contributed by atoms with Crippen molar-refractivity contribution in [3.8, 4) is 0 Å². The summed E-state index contributed by atoms with van der Waals surface area (Å²) in [5.41, 5.74) is 8.00. The molecule has 6 nitrogen and oxygen atoms in total. The fourth-order valence-electron chi connectivity index (χ4n) is 2.10. The molecule has 0 aliphatic carbocycles. The van der Waals surface area contributed by atoms with E-state index in [4.69, 9.17) is 14.9 Å². The number of hydrogen-bond donors (Lipinski definition) is 2. The van der Waals surface area contributed by atoms with E-state index in [1.807, 2.05) is 18.2 Å². The molecule has 3 N–H and O–H groups in total. The average Bonchev–Trinajstić information content (AvgIpc) is 3.02. The van der Waals surface area contributed by atoms with Crippen molar-refractivity contribution in [3.63, 3.8) is 0 Å². The number of nitrogens with zero attached hydrogens (tertiary/aromatic N) is 1. The van der Waals surface area contributed by atoms with Crippen LogP contribution in [0, 0.1) is 0 Å². The number of esters is 1. The standard InChI is InChI=1S/C18H23N3O3/c1-4-23-17(22)16-9-8-15(24-16)11-20-18(19)21-14-7-5-6-13(10-14)12(2)3/h5-10,12H,4,11H2,1-3H3,(H3,19,20,21). The number of guanidine groups is 1. The zero-order valence-electron chi connectivity index (χ0n) is 14.2. The van der Waals surface area contributed by atoms with Crippen LogP contribution in [0.5, 0.6) is 0 Å². The van der Waals surface area contributed by atoms with Crippen LogP contribution in [0.15, 0.2) is 45.8 Å². The molecule has 0 saturated carbocycles. The van der Waals surface area contributed by atoms with E-state index in [2.05, 4.69) is 30.2 Å². The van der Waals surface area contributed by atoms with Gasteiger partial charge in [-0.15, -0.1) is 0 Å². The molecule has 1 aromatic carbocycles. The first-order valence-corrected chi connectivity index (χ1v) is 7.92. The molecule has 128 valence electrons. The van der Waals surface area contributed by atoms with Gasteiger partial charge in [0.25, 0.3) is 0 Å². The first kappa shape index (κ1) is 17.6. The quantitative estimate of drug-likeness (QED) is 0.481. The van der Waals surface area contributed by atoms with Crippen LogP contribution in [0.25, 0.3) is 0 Å². The summed E-state index contributed by atoms with van der Waals surface area (Å²) < 4.78 is 10.3. The van der Waals surface area contributed by atoms with E-state index in [9.17, 15) is 4.79 Å². The second kappa shape index (κ2) is 8.19. The number of rotatable bonds is 6. The number of carbonyl (C=O) groups excluding carboxylic acids is 1. The summed E-state index contributed by atoms with van der Waals surface area (Å²) in [7, 11) is 0. The number of ether oxygens (including phenoxy) is 1. The third-order valence-corrected chi connectivity index (χ3v) is 3.37. The number of anilines is 1. The summed E-state index contributed by atoms with van der Waals surface area (Å²) in [6, 6.07) is 11.3. The fourth-order valence-corrected chi connectivity index (χ4v) is 2.10. The van der Waals surface area contributed by atoms with Crippen LogP contribution in [-0.4, -0.2) is 18.5 Å². The first-order valence-electron chi connectivity index (χ1n) is 7.92. The Labute approximate surface area is 141 Å². The number of furan rings is 1. The van der Waals surface area contributed by atoms with Crippen LogP contribution in [0.4, 0.5) is 5.69 Å². The largest absolute Gasteiger partial charge is 0.460 e. The van der Waals surface area contributed by atoms with Crippen LogP contribution in [-0.2, 0) is 11.3 Å². The molecule has 24 heavy (non-hydrogen) atoms. The molecule has 0 radical (unpaired) electrons. The van der Waals surface area contributed by atoms with Gasteiger partial charge >= 0.3 is 5.97 Å². The Morgan fingerprint density at radius 1 is 1.33 bits per heavy atom. The summed E-state index contributed by atoms with van der Waals surface area (Å²) in [6.07, 6.45) is 0. The van der Waals surface area contributed by atoms with E-state index < -0.39 is 5.97 Å². The second-order valence-electron chi connectivity index (χ2n) is 5.59. The molecule has 0 bridgehead atoms. The summed E-state index contributed by atoms with van der Waals surface area (Å²) in [5, 5.41) is 3.05. The molecule has 0 unspecified atom stereocenters. The van der Waals surface area contributed by atoms with Crippen LogP contribution < -0.4 is 11.1 Å². The van der Waals surface area contributed by atoms with Crippen molar-refractivity contribution in [1.82, 2.24) is 0 Å². The highest BCUT2D eigenvalue weighted by Crippen LogP contribution is 2.18. The molecule has 2 aromatic rings. The van der Waals surface area contributed by atoms with Gasteiger partial charge in [-0.05, 0) is 42.7 Å². The van der Waals surface area contributed by atoms with E-state index in [0.717, 1.165) is 5.69 Å². The third kappa shape index (κ3) is 4.87. The van der Waals surface area contributed by atoms with Gasteiger partial charge < -0.3 is 20.2 Å². The molecule has 0 spiro atoms. The van der Waals surface area contributed by atoms with Gasteiger partial charge in [-0.1, -0.05) is 26.0 Å². The van der Waals surface area contributed by atoms with Crippen molar-refractivity contribution >= 4 is 17.6 Å². The Morgan fingerprint density at radius 2 is 2.12 bits per heavy atom. The minimum atomic E-state index is -0.482. The van der Waals surface area contributed by atoms with Gasteiger partial charge in [0.05, 0.1) is 6.61 Å². The van der Waals surface area contributed by atoms with Gasteiger partial charge in [0, 0.05) is 5.69 Å². The fraction of sp³-hybridized carbons (Fsp3) is 0.333. The van der Waals surface area contributed by atoms with E-state index in [1.54, 1.807) is 19.1 Å². The monoisotopic (exact) mass is 329 g/mol. The summed E-state index contributed by atoms with van der Waals surface area (Å²) in [6.45, 7) is 6.55. The van der Waals surface area contributed by atoms with Gasteiger partial charge in [-0.25, -0.2) is 9.79 Å². The second-order valence-corrected chi connectivity index (χ2v) is 5.59. The topological polar surface area (TPSA) is 89.8 Å². The number of carbonyl (C=O) groups is 1. The number of aliphatic imine (C=N–C) groups is 1. The highest BCUT2D eigenvalue weighted by atomic mass is 16.5. The highest BCUT2D eigenvalue weighted by Gasteiger charge is 2.11. The average molecular weight is 329 g/mol. The molecular formula is C18H23N3O3. The molecule has 0 fully saturated rings. The van der Waals surface area contributed by atoms with Crippen LogP contribution >= 0.6 is 0 Å². The SMILES string of the molecule is CCOC(=O)c1ccc(CN=C(N)Nc2cccc(C(C)C)c2)o1. The van der Waals surface area contributed by atoms with Crippen molar-refractivity contribution in [1.29, 1.82) is 0 Å². The van der Waals surface area contributed by atoms with E-state index >= 15 is 0 Å². The molecule has 0 aliphatic heterocycles. The molecule has 1 heterocycles. The predicted molar refractivity (Wildman–Crippen MR) is 94.1 cm³/mol. The predicted octanol–water partition coefficient (Wildman–Crippen LogP) is 3.51. The zero-order valence-corrected chi connectivity index (χ0v) is 14.2. The lowest BCUT2D eigenvalue weighted by molar-refractivity contribution is 0.0488. The lowest BCUT2D eigenvalue weighted by Crippen LogP contribution is -2.22. The minimum Gasteiger partial charge on any atom is -0.460 e. The van der Waals surface area contributed by atoms with E-state index in [1.165, 1.54) is 5.56 Å². The van der Waals surface area contributed by atoms with E-state index in [-0.39, 0.29) is 18.3 Å². The van der Waals surface area contributed by atoms with Crippen LogP contribution in [0.2, 0.25) is 0 Å². The number of benzene rings is 1. The number of nitrogens with two attached hydrogens (primary N) is 1. The van der Waals surface area contributed by atoms with Gasteiger partial charge in [0.2, 0.25) is 5.76 Å². The molecule has 0 saturated heterocycles. The smallest absolute Gasteiger partial charge is 0.374 e. The van der Waals surface area contributed by atoms with Crippen molar-refractivity contribution < 1.29 is 13.9 Å². The van der Waals surface area contributed by atoms with Crippen molar-refractivity contribution in [3.05, 3.63) is 53.5 Å². The Bertz CT molecular complexity index is 720. The van der Waals surface area contributed by atoms with Crippen molar-refractivity contribution in [2.45, 2.75) is 33.2 Å². The Balaban J connectivity index is 1.97. The molecule has 0 amide bonds. The molecule has 2 rings (SSSR count). The molecule has 0 aliphatic rings. The van der Waals surface area contributed by atoms with Gasteiger partial charge in [0.15, 0.2) is 5.96 Å². The third-order valence-electron chi connectivity index (χ3n) is 3.37. The molecule has 6 heteroatoms. The number of nitrogens with one attached hydrogen (secondary N) is 1. The van der Waals surface area contributed by atoms with Crippen LogP contribution in [0.1, 0.15) is 48.6 Å². The maximum atomic E-state index is 11.5. The van der Waals surface area contributed by atoms with Crippen molar-refractivity contribution in [2.24, 2.45) is 10.7 Å². The summed E-state index contributed by atoms with van der Waals surface area (Å²) in [4.78, 5) is 15.8. The highest BCUT2D eigenvalue weighted by molar-refractivity contribution is 5.92. The lowest BCUT2D eigenvalue weighted by atomic mass is 10.0. The summed E-state index contributed by atoms with van der Waals surface area (Å²) in [5.74, 6) is 0.945. The summed E-state index contributed by atoms with van der Waals surface area (Å²) >= 11 is 0. The number of hydrogen-bond acceptors (Lipinski definition) is 4. The molecule has 1 aromatic heterocycles. The lowest BCUT2D eigenvalue weighted by Gasteiger charge is -2.09. The minimum absolute atomic E-state index is 0.165. The van der Waals surface area contributed by atoms with Crippen molar-refractivity contribution in [2.75, 3.05) is 11.9 Å². The Kier molecular flexibility index (Phi) is 6.01.